The Hall–Kier alpha value is -2.77. The van der Waals surface area contributed by atoms with Crippen LogP contribution < -0.4 is 10.2 Å². The lowest BCUT2D eigenvalue weighted by molar-refractivity contribution is 0.102. The summed E-state index contributed by atoms with van der Waals surface area (Å²) in [6.45, 7) is 0.848. The molecule has 1 heterocycles. The van der Waals surface area contributed by atoms with E-state index in [0.717, 1.165) is 14.3 Å². The van der Waals surface area contributed by atoms with Crippen molar-refractivity contribution in [2.24, 2.45) is 0 Å². The van der Waals surface area contributed by atoms with E-state index in [2.05, 4.69) is 21.2 Å². The van der Waals surface area contributed by atoms with E-state index >= 15 is 0 Å². The van der Waals surface area contributed by atoms with Crippen LogP contribution in [0.3, 0.4) is 0 Å². The number of carbonyl (C=O) groups excluding carboxylic acids is 2. The Morgan fingerprint density at radius 2 is 1.69 bits per heavy atom. The summed E-state index contributed by atoms with van der Waals surface area (Å²) in [5.74, 6) is -0.229. The van der Waals surface area contributed by atoms with Crippen LogP contribution in [-0.2, 0) is 4.74 Å². The highest BCUT2D eigenvalue weighted by molar-refractivity contribution is 9.10. The smallest absolute Gasteiger partial charge is 0.414 e. The van der Waals surface area contributed by atoms with Gasteiger partial charge in [-0.2, -0.15) is 0 Å². The number of amides is 2. The molecule has 0 spiro atoms. The molecule has 3 aromatic rings. The quantitative estimate of drug-likeness (QED) is 0.513. The van der Waals surface area contributed by atoms with Crippen LogP contribution in [0.4, 0.5) is 16.2 Å². The highest BCUT2D eigenvalue weighted by Crippen LogP contribution is 2.29. The van der Waals surface area contributed by atoms with Crippen LogP contribution >= 0.6 is 27.7 Å². The topological polar surface area (TPSA) is 58.6 Å². The minimum atomic E-state index is -0.388. The summed E-state index contributed by atoms with van der Waals surface area (Å²) in [7, 11) is 0. The first-order valence-corrected chi connectivity index (χ1v) is 10.6. The second-order valence-electron chi connectivity index (χ2n) is 6.35. The maximum Gasteiger partial charge on any atom is 0.414 e. The van der Waals surface area contributed by atoms with Gasteiger partial charge in [0, 0.05) is 31.2 Å². The lowest BCUT2D eigenvalue weighted by atomic mass is 10.1. The van der Waals surface area contributed by atoms with E-state index in [0.29, 0.717) is 30.1 Å². The monoisotopic (exact) mass is 468 g/mol. The molecule has 3 aromatic carbocycles. The summed E-state index contributed by atoms with van der Waals surface area (Å²) in [5, 5.41) is 2.90. The number of carbonyl (C=O) groups is 2. The van der Waals surface area contributed by atoms with E-state index in [4.69, 9.17) is 4.74 Å². The van der Waals surface area contributed by atoms with Crippen molar-refractivity contribution in [3.05, 3.63) is 82.8 Å². The third kappa shape index (κ3) is 4.81. The number of halogens is 1. The fourth-order valence-electron chi connectivity index (χ4n) is 2.89. The van der Waals surface area contributed by atoms with Gasteiger partial charge in [-0.3, -0.25) is 9.69 Å². The van der Waals surface area contributed by atoms with E-state index in [-0.39, 0.29) is 12.0 Å². The fraction of sp³-hybridized carbons (Fsp3) is 0.0909. The Morgan fingerprint density at radius 1 is 1.00 bits per heavy atom. The molecule has 7 heteroatoms. The molecule has 1 aliphatic rings. The summed E-state index contributed by atoms with van der Waals surface area (Å²) >= 11 is 5.09. The molecule has 0 aromatic heterocycles. The number of anilines is 2. The number of benzene rings is 3. The Kier molecular flexibility index (Phi) is 5.87. The lowest BCUT2D eigenvalue weighted by Crippen LogP contribution is -2.23. The Morgan fingerprint density at radius 3 is 2.34 bits per heavy atom. The molecule has 29 heavy (non-hydrogen) atoms. The molecule has 0 radical (unpaired) electrons. The van der Waals surface area contributed by atoms with Gasteiger partial charge in [-0.1, -0.05) is 33.8 Å². The van der Waals surface area contributed by atoms with Crippen molar-refractivity contribution in [3.63, 3.8) is 0 Å². The first kappa shape index (κ1) is 19.5. The van der Waals surface area contributed by atoms with Crippen molar-refractivity contribution < 1.29 is 14.3 Å². The van der Waals surface area contributed by atoms with Crippen LogP contribution in [0, 0.1) is 0 Å². The minimum Gasteiger partial charge on any atom is -0.447 e. The summed E-state index contributed by atoms with van der Waals surface area (Å²) in [4.78, 5) is 28.1. The van der Waals surface area contributed by atoms with Crippen molar-refractivity contribution in [1.29, 1.82) is 0 Å². The third-order valence-corrected chi connectivity index (χ3v) is 5.89. The molecular formula is C22H17BrN2O3S. The van der Waals surface area contributed by atoms with E-state index in [1.165, 1.54) is 4.90 Å². The van der Waals surface area contributed by atoms with Crippen molar-refractivity contribution in [2.45, 2.75) is 9.79 Å². The molecule has 0 unspecified atom stereocenters. The molecule has 0 bridgehead atoms. The number of hydrogen-bond donors (Lipinski definition) is 1. The molecule has 1 saturated heterocycles. The number of ether oxygens (including phenoxy) is 1. The van der Waals surface area contributed by atoms with Crippen LogP contribution in [0.5, 0.6) is 0 Å². The summed E-state index contributed by atoms with van der Waals surface area (Å²) < 4.78 is 6.00. The summed E-state index contributed by atoms with van der Waals surface area (Å²) in [5.41, 5.74) is 1.85. The molecule has 1 aliphatic heterocycles. The van der Waals surface area contributed by atoms with Crippen LogP contribution in [0.15, 0.2) is 87.1 Å². The van der Waals surface area contributed by atoms with Gasteiger partial charge in [0.2, 0.25) is 0 Å². The number of nitrogens with one attached hydrogen (secondary N) is 1. The van der Waals surface area contributed by atoms with Crippen molar-refractivity contribution in [1.82, 2.24) is 0 Å². The van der Waals surface area contributed by atoms with Gasteiger partial charge >= 0.3 is 6.09 Å². The number of cyclic esters (lactones) is 1. The van der Waals surface area contributed by atoms with E-state index < -0.39 is 0 Å². The highest BCUT2D eigenvalue weighted by atomic mass is 79.9. The zero-order chi connectivity index (χ0) is 20.2. The predicted octanol–water partition coefficient (Wildman–Crippen LogP) is 5.81. The van der Waals surface area contributed by atoms with Crippen LogP contribution in [0.2, 0.25) is 0 Å². The van der Waals surface area contributed by atoms with Gasteiger partial charge < -0.3 is 10.1 Å². The molecule has 4 rings (SSSR count). The molecule has 2 amide bonds. The molecule has 0 aliphatic carbocycles. The minimum absolute atomic E-state index is 0.229. The molecular weight excluding hydrogens is 452 g/mol. The van der Waals surface area contributed by atoms with Crippen LogP contribution in [-0.4, -0.2) is 25.2 Å². The summed E-state index contributed by atoms with van der Waals surface area (Å²) in [6, 6.07) is 22.8. The normalized spacial score (nSPS) is 13.3. The van der Waals surface area contributed by atoms with Gasteiger partial charge in [-0.05, 0) is 66.7 Å². The first-order chi connectivity index (χ1) is 14.1. The van der Waals surface area contributed by atoms with Gasteiger partial charge in [0.05, 0.1) is 6.54 Å². The van der Waals surface area contributed by atoms with Crippen molar-refractivity contribution in [3.8, 4) is 0 Å². The Labute approximate surface area is 181 Å². The first-order valence-electron chi connectivity index (χ1n) is 8.98. The highest BCUT2D eigenvalue weighted by Gasteiger charge is 2.24. The van der Waals surface area contributed by atoms with E-state index in [9.17, 15) is 9.59 Å². The lowest BCUT2D eigenvalue weighted by Gasteiger charge is -2.14. The maximum atomic E-state index is 12.6. The average molecular weight is 469 g/mol. The van der Waals surface area contributed by atoms with Crippen LogP contribution in [0.25, 0.3) is 0 Å². The van der Waals surface area contributed by atoms with Gasteiger partial charge in [0.25, 0.3) is 5.91 Å². The van der Waals surface area contributed by atoms with Gasteiger partial charge in [0.1, 0.15) is 6.61 Å². The number of hydrogen-bond acceptors (Lipinski definition) is 4. The van der Waals surface area contributed by atoms with Gasteiger partial charge in [0.15, 0.2) is 0 Å². The standard InChI is InChI=1S/C22H17BrN2O3S/c23-16-4-8-19(9-5-16)29-20-10-6-17(7-11-20)24-21(26)15-2-1-3-18(14-15)25-12-13-28-22(25)27/h1-11,14H,12-13H2,(H,24,26). The van der Waals surface area contributed by atoms with Crippen molar-refractivity contribution in [2.75, 3.05) is 23.4 Å². The second kappa shape index (κ2) is 8.71. The summed E-state index contributed by atoms with van der Waals surface area (Å²) in [6.07, 6.45) is -0.388. The fourth-order valence-corrected chi connectivity index (χ4v) is 3.97. The zero-order valence-corrected chi connectivity index (χ0v) is 17.7. The van der Waals surface area contributed by atoms with Crippen LogP contribution in [0.1, 0.15) is 10.4 Å². The molecule has 0 atom stereocenters. The SMILES string of the molecule is O=C(Nc1ccc(Sc2ccc(Br)cc2)cc1)c1cccc(N2CCOC2=O)c1. The number of rotatable bonds is 5. The van der Waals surface area contributed by atoms with Gasteiger partial charge in [-0.25, -0.2) is 4.79 Å². The average Bonchev–Trinajstić information content (AvgIpc) is 3.17. The largest absolute Gasteiger partial charge is 0.447 e. The molecule has 0 saturated carbocycles. The Bertz CT molecular complexity index is 1040. The third-order valence-electron chi connectivity index (χ3n) is 4.34. The van der Waals surface area contributed by atoms with E-state index in [1.54, 1.807) is 36.0 Å². The van der Waals surface area contributed by atoms with Crippen molar-refractivity contribution >= 4 is 51.1 Å². The predicted molar refractivity (Wildman–Crippen MR) is 118 cm³/mol. The maximum absolute atomic E-state index is 12.6. The molecule has 5 nitrogen and oxygen atoms in total. The van der Waals surface area contributed by atoms with Gasteiger partial charge in [-0.15, -0.1) is 0 Å². The Balaban J connectivity index is 1.42. The second-order valence-corrected chi connectivity index (χ2v) is 8.41. The number of nitrogens with zero attached hydrogens (tertiary/aromatic N) is 1. The molecule has 1 fully saturated rings. The zero-order valence-electron chi connectivity index (χ0n) is 15.3. The molecule has 1 N–H and O–H groups in total. The van der Waals surface area contributed by atoms with E-state index in [1.807, 2.05) is 48.5 Å². The molecule has 146 valence electrons.